The molecule has 1 unspecified atom stereocenters. The summed E-state index contributed by atoms with van der Waals surface area (Å²) in [4.78, 5) is 1.56. The zero-order valence-electron chi connectivity index (χ0n) is 10.4. The molecule has 1 N–H and O–H groups in total. The summed E-state index contributed by atoms with van der Waals surface area (Å²) < 4.78 is 1.27. The Morgan fingerprint density at radius 1 is 1.13 bits per heavy atom. The van der Waals surface area contributed by atoms with Crippen LogP contribution in [-0.2, 0) is 0 Å². The van der Waals surface area contributed by atoms with Crippen molar-refractivity contribution in [3.8, 4) is 0 Å². The third-order valence-electron chi connectivity index (χ3n) is 2.83. The van der Waals surface area contributed by atoms with Crippen molar-refractivity contribution in [1.82, 2.24) is 3.94 Å². The first kappa shape index (κ1) is 15.5. The molecule has 0 saturated carbocycles. The average molecular weight is 256 g/mol. The van der Waals surface area contributed by atoms with Crippen LogP contribution in [0.15, 0.2) is 0 Å². The van der Waals surface area contributed by atoms with Crippen LogP contribution in [0.2, 0.25) is 0 Å². The van der Waals surface area contributed by atoms with E-state index in [0.717, 1.165) is 13.0 Å². The summed E-state index contributed by atoms with van der Waals surface area (Å²) in [5.74, 6) is 0. The van der Waals surface area contributed by atoms with E-state index in [4.69, 9.17) is 23.6 Å². The molecule has 92 valence electrons. The van der Waals surface area contributed by atoms with Gasteiger partial charge < -0.3 is 4.90 Å². The van der Waals surface area contributed by atoms with E-state index >= 15 is 0 Å². The van der Waals surface area contributed by atoms with Crippen LogP contribution in [0.25, 0.3) is 0 Å². The summed E-state index contributed by atoms with van der Waals surface area (Å²) in [6.45, 7) is 8.72. The van der Waals surface area contributed by atoms with Gasteiger partial charge in [0.05, 0.1) is 25.7 Å². The van der Waals surface area contributed by atoms with Gasteiger partial charge in [-0.1, -0.05) is 13.3 Å². The van der Waals surface area contributed by atoms with E-state index in [-0.39, 0.29) is 5.54 Å². The second-order valence-corrected chi connectivity index (χ2v) is 5.81. The van der Waals surface area contributed by atoms with E-state index < -0.39 is 0 Å². The number of hydrogen-bond donors (Lipinski definition) is 1. The van der Waals surface area contributed by atoms with Gasteiger partial charge in [0, 0.05) is 6.42 Å². The molecule has 0 spiro atoms. The molecule has 0 aliphatic rings. The van der Waals surface area contributed by atoms with Gasteiger partial charge in [-0.3, -0.25) is 0 Å². The Hall–Kier alpha value is 0.500. The van der Waals surface area contributed by atoms with Crippen molar-refractivity contribution in [3.05, 3.63) is 0 Å². The lowest BCUT2D eigenvalue weighted by Gasteiger charge is -2.28. The maximum absolute atomic E-state index is 5.77. The van der Waals surface area contributed by atoms with Crippen LogP contribution in [0, 0.1) is 0 Å². The molecule has 15 heavy (non-hydrogen) atoms. The first-order valence-electron chi connectivity index (χ1n) is 5.83. The largest absolute Gasteiger partial charge is 0.337 e. The SMILES string of the molecule is CCCCC[NH+](C)CCC(C)(C)N(Cl)Cl. The van der Waals surface area contributed by atoms with Crippen LogP contribution in [-0.4, -0.2) is 29.6 Å². The van der Waals surface area contributed by atoms with Crippen molar-refractivity contribution in [2.75, 3.05) is 20.1 Å². The fourth-order valence-electron chi connectivity index (χ4n) is 1.41. The molecule has 0 aromatic carbocycles. The molecule has 0 aromatic heterocycles. The quantitative estimate of drug-likeness (QED) is 0.518. The number of rotatable bonds is 8. The summed E-state index contributed by atoms with van der Waals surface area (Å²) in [6.07, 6.45) is 4.94. The lowest BCUT2D eigenvalue weighted by atomic mass is 10.0. The maximum atomic E-state index is 5.77. The molecule has 0 amide bonds. The standard InChI is InChI=1S/C11H24Cl2N2/c1-5-6-7-9-14(4)10-8-11(2,3)15(12)13/h5-10H2,1-4H3/p+1. The Balaban J connectivity index is 3.65. The average Bonchev–Trinajstić information content (AvgIpc) is 2.15. The minimum Gasteiger partial charge on any atom is -0.337 e. The van der Waals surface area contributed by atoms with Gasteiger partial charge >= 0.3 is 0 Å². The maximum Gasteiger partial charge on any atom is 0.0787 e. The Morgan fingerprint density at radius 3 is 2.20 bits per heavy atom. The fraction of sp³-hybridized carbons (Fsp3) is 1.00. The van der Waals surface area contributed by atoms with Crippen molar-refractivity contribution in [2.45, 2.75) is 52.0 Å². The number of unbranched alkanes of at least 4 members (excludes halogenated alkanes) is 2. The second kappa shape index (κ2) is 7.72. The summed E-state index contributed by atoms with van der Waals surface area (Å²) in [7, 11) is 2.23. The molecular weight excluding hydrogens is 231 g/mol. The molecule has 0 saturated heterocycles. The number of nitrogens with one attached hydrogen (secondary N) is 1. The van der Waals surface area contributed by atoms with E-state index in [1.807, 2.05) is 0 Å². The predicted octanol–water partition coefficient (Wildman–Crippen LogP) is 2.47. The highest BCUT2D eigenvalue weighted by Crippen LogP contribution is 2.22. The van der Waals surface area contributed by atoms with E-state index in [2.05, 4.69) is 27.8 Å². The lowest BCUT2D eigenvalue weighted by Crippen LogP contribution is -3.09. The van der Waals surface area contributed by atoms with E-state index in [0.29, 0.717) is 0 Å². The minimum atomic E-state index is -0.130. The normalized spacial score (nSPS) is 14.6. The van der Waals surface area contributed by atoms with Crippen molar-refractivity contribution in [3.63, 3.8) is 0 Å². The Morgan fingerprint density at radius 2 is 1.73 bits per heavy atom. The zero-order chi connectivity index (χ0) is 11.9. The molecule has 2 nitrogen and oxygen atoms in total. The summed E-state index contributed by atoms with van der Waals surface area (Å²) in [5.41, 5.74) is -0.130. The number of quaternary nitrogens is 1. The van der Waals surface area contributed by atoms with Crippen LogP contribution in [0.3, 0.4) is 0 Å². The molecule has 1 atom stereocenters. The molecule has 0 aliphatic heterocycles. The molecule has 0 fully saturated rings. The van der Waals surface area contributed by atoms with Gasteiger partial charge in [0.2, 0.25) is 0 Å². The molecule has 0 heterocycles. The molecule has 0 aliphatic carbocycles. The van der Waals surface area contributed by atoms with Crippen LogP contribution < -0.4 is 4.90 Å². The van der Waals surface area contributed by atoms with Crippen molar-refractivity contribution >= 4 is 23.6 Å². The van der Waals surface area contributed by atoms with E-state index in [1.54, 1.807) is 4.90 Å². The Bertz CT molecular complexity index is 161. The summed E-state index contributed by atoms with van der Waals surface area (Å²) >= 11 is 11.5. The lowest BCUT2D eigenvalue weighted by molar-refractivity contribution is -0.880. The van der Waals surface area contributed by atoms with Gasteiger partial charge in [-0.2, -0.15) is 0 Å². The van der Waals surface area contributed by atoms with Crippen LogP contribution in [0.5, 0.6) is 0 Å². The monoisotopic (exact) mass is 255 g/mol. The first-order chi connectivity index (χ1) is 6.90. The molecular formula is C11H25Cl2N2+. The number of hydrogen-bond acceptors (Lipinski definition) is 1. The van der Waals surface area contributed by atoms with Crippen molar-refractivity contribution in [2.24, 2.45) is 0 Å². The smallest absolute Gasteiger partial charge is 0.0787 e. The van der Waals surface area contributed by atoms with Crippen LogP contribution >= 0.6 is 23.6 Å². The number of nitrogens with zero attached hydrogens (tertiary/aromatic N) is 1. The zero-order valence-corrected chi connectivity index (χ0v) is 12.0. The highest BCUT2D eigenvalue weighted by atomic mass is 35.5. The van der Waals surface area contributed by atoms with E-state index in [1.165, 1.54) is 29.7 Å². The van der Waals surface area contributed by atoms with Gasteiger partial charge in [0.15, 0.2) is 0 Å². The van der Waals surface area contributed by atoms with Crippen molar-refractivity contribution < 1.29 is 4.90 Å². The minimum absolute atomic E-state index is 0.130. The molecule has 0 aromatic rings. The first-order valence-corrected chi connectivity index (χ1v) is 6.51. The van der Waals surface area contributed by atoms with Gasteiger partial charge in [0.1, 0.15) is 0 Å². The third-order valence-corrected chi connectivity index (χ3v) is 3.74. The topological polar surface area (TPSA) is 7.68 Å². The highest BCUT2D eigenvalue weighted by Gasteiger charge is 2.25. The van der Waals surface area contributed by atoms with Gasteiger partial charge in [-0.25, -0.2) is 0 Å². The molecule has 0 bridgehead atoms. The molecule has 0 radical (unpaired) electrons. The Kier molecular flexibility index (Phi) is 7.98. The molecule has 0 rings (SSSR count). The van der Waals surface area contributed by atoms with Crippen LogP contribution in [0.1, 0.15) is 46.5 Å². The fourth-order valence-corrected chi connectivity index (χ4v) is 1.57. The number of halogens is 2. The highest BCUT2D eigenvalue weighted by molar-refractivity contribution is 6.34. The van der Waals surface area contributed by atoms with Crippen molar-refractivity contribution in [1.29, 1.82) is 0 Å². The summed E-state index contributed by atoms with van der Waals surface area (Å²) in [6, 6.07) is 0. The molecule has 4 heteroatoms. The van der Waals surface area contributed by atoms with Gasteiger partial charge in [0.25, 0.3) is 0 Å². The Labute approximate surface area is 105 Å². The summed E-state index contributed by atoms with van der Waals surface area (Å²) in [5, 5.41) is 0. The third kappa shape index (κ3) is 7.40. The van der Waals surface area contributed by atoms with Crippen LogP contribution in [0.4, 0.5) is 0 Å². The second-order valence-electron chi connectivity index (χ2n) is 4.96. The van der Waals surface area contributed by atoms with Gasteiger partial charge in [-0.05, 0) is 50.2 Å². The van der Waals surface area contributed by atoms with Gasteiger partial charge in [-0.15, -0.1) is 3.94 Å². The van der Waals surface area contributed by atoms with E-state index in [9.17, 15) is 0 Å². The predicted molar refractivity (Wildman–Crippen MR) is 68.4 cm³/mol.